The van der Waals surface area contributed by atoms with Gasteiger partial charge in [0.15, 0.2) is 0 Å². The minimum absolute atomic E-state index is 0.488. The smallest absolute Gasteiger partial charge is 0.206 e. The van der Waals surface area contributed by atoms with Crippen LogP contribution in [0.5, 0.6) is 0 Å². The van der Waals surface area contributed by atoms with Crippen LogP contribution in [-0.2, 0) is 0 Å². The Hall–Kier alpha value is -1.46. The van der Waals surface area contributed by atoms with Crippen molar-refractivity contribution in [3.63, 3.8) is 0 Å². The fraction of sp³-hybridized carbons (Fsp3) is 0.467. The van der Waals surface area contributed by atoms with Crippen LogP contribution in [0.4, 0.5) is 5.13 Å². The van der Waals surface area contributed by atoms with Crippen LogP contribution in [-0.4, -0.2) is 41.3 Å². The number of rotatable bonds is 4. The van der Waals surface area contributed by atoms with Crippen LogP contribution in [0, 0.1) is 0 Å². The molecule has 20 heavy (non-hydrogen) atoms. The summed E-state index contributed by atoms with van der Waals surface area (Å²) < 4.78 is 0. The Morgan fingerprint density at radius 3 is 2.70 bits per heavy atom. The molecule has 0 bridgehead atoms. The molecule has 1 N–H and O–H groups in total. The van der Waals surface area contributed by atoms with E-state index in [-0.39, 0.29) is 0 Å². The molecule has 0 amide bonds. The average molecular weight is 288 g/mol. The van der Waals surface area contributed by atoms with Crippen molar-refractivity contribution >= 4 is 16.5 Å². The van der Waals surface area contributed by atoms with E-state index in [4.69, 9.17) is 0 Å². The van der Waals surface area contributed by atoms with E-state index in [1.54, 1.807) is 11.3 Å². The van der Waals surface area contributed by atoms with E-state index in [2.05, 4.69) is 46.6 Å². The van der Waals surface area contributed by atoms with Gasteiger partial charge in [-0.3, -0.25) is 0 Å². The molecular weight excluding hydrogens is 268 g/mol. The molecule has 1 fully saturated rings. The summed E-state index contributed by atoms with van der Waals surface area (Å²) in [7, 11) is 4.31. The van der Waals surface area contributed by atoms with E-state index in [0.29, 0.717) is 12.1 Å². The number of hydrogen-bond donors (Lipinski definition) is 1. The molecule has 2 atom stereocenters. The van der Waals surface area contributed by atoms with Gasteiger partial charge in [0, 0.05) is 17.6 Å². The number of benzene rings is 1. The van der Waals surface area contributed by atoms with Crippen molar-refractivity contribution in [1.29, 1.82) is 0 Å². The standard InChI is InChI=1S/C15H20N4S/c1-19(2)13-10-6-9-12(13)16-15-18-17-14(20-15)11-7-4-3-5-8-11/h3-5,7-8,12-13H,6,9-10H2,1-2H3,(H,16,18)/t12-,13-/m0/s1. The van der Waals surface area contributed by atoms with E-state index in [9.17, 15) is 0 Å². The van der Waals surface area contributed by atoms with Crippen molar-refractivity contribution in [2.75, 3.05) is 19.4 Å². The fourth-order valence-electron chi connectivity index (χ4n) is 2.86. The highest BCUT2D eigenvalue weighted by atomic mass is 32.1. The quantitative estimate of drug-likeness (QED) is 0.938. The molecule has 1 aliphatic carbocycles. The van der Waals surface area contributed by atoms with Crippen LogP contribution in [0.1, 0.15) is 19.3 Å². The first kappa shape index (κ1) is 13.5. The Labute approximate surface area is 123 Å². The monoisotopic (exact) mass is 288 g/mol. The summed E-state index contributed by atoms with van der Waals surface area (Å²) in [6.07, 6.45) is 3.75. The van der Waals surface area contributed by atoms with Gasteiger partial charge in [0.2, 0.25) is 5.13 Å². The van der Waals surface area contributed by atoms with Gasteiger partial charge >= 0.3 is 0 Å². The van der Waals surface area contributed by atoms with Crippen LogP contribution < -0.4 is 5.32 Å². The minimum atomic E-state index is 0.488. The Kier molecular flexibility index (Phi) is 3.98. The Balaban J connectivity index is 1.72. The van der Waals surface area contributed by atoms with Crippen LogP contribution in [0.2, 0.25) is 0 Å². The van der Waals surface area contributed by atoms with Crippen molar-refractivity contribution < 1.29 is 0 Å². The maximum absolute atomic E-state index is 4.29. The first-order valence-electron chi connectivity index (χ1n) is 7.06. The topological polar surface area (TPSA) is 41.0 Å². The third kappa shape index (κ3) is 2.83. The van der Waals surface area contributed by atoms with Crippen molar-refractivity contribution in [1.82, 2.24) is 15.1 Å². The lowest BCUT2D eigenvalue weighted by molar-refractivity contribution is 0.285. The molecule has 0 unspecified atom stereocenters. The molecule has 1 heterocycles. The largest absolute Gasteiger partial charge is 0.356 e. The molecule has 0 spiro atoms. The number of nitrogens with zero attached hydrogens (tertiary/aromatic N) is 3. The van der Waals surface area contributed by atoms with Gasteiger partial charge in [-0.25, -0.2) is 0 Å². The van der Waals surface area contributed by atoms with E-state index < -0.39 is 0 Å². The number of hydrogen-bond acceptors (Lipinski definition) is 5. The second kappa shape index (κ2) is 5.89. The highest BCUT2D eigenvalue weighted by molar-refractivity contribution is 7.18. The highest BCUT2D eigenvalue weighted by Crippen LogP contribution is 2.30. The van der Waals surface area contributed by atoms with Gasteiger partial charge in [-0.1, -0.05) is 41.7 Å². The van der Waals surface area contributed by atoms with Gasteiger partial charge in [-0.2, -0.15) is 0 Å². The van der Waals surface area contributed by atoms with Gasteiger partial charge in [0.05, 0.1) is 0 Å². The first-order valence-corrected chi connectivity index (χ1v) is 7.87. The molecular formula is C15H20N4S. The molecule has 0 radical (unpaired) electrons. The van der Waals surface area contributed by atoms with Crippen LogP contribution in [0.3, 0.4) is 0 Å². The molecule has 1 aromatic carbocycles. The second-order valence-electron chi connectivity index (χ2n) is 5.49. The molecule has 5 heteroatoms. The van der Waals surface area contributed by atoms with E-state index in [1.165, 1.54) is 19.3 Å². The van der Waals surface area contributed by atoms with Gasteiger partial charge in [-0.15, -0.1) is 10.2 Å². The molecule has 106 valence electrons. The van der Waals surface area contributed by atoms with Crippen molar-refractivity contribution in [3.8, 4) is 10.6 Å². The van der Waals surface area contributed by atoms with E-state index in [1.807, 2.05) is 18.2 Å². The number of anilines is 1. The van der Waals surface area contributed by atoms with Gasteiger partial charge in [-0.05, 0) is 33.4 Å². The number of nitrogens with one attached hydrogen (secondary N) is 1. The summed E-state index contributed by atoms with van der Waals surface area (Å²) in [6, 6.07) is 11.3. The molecule has 0 aliphatic heterocycles. The Bertz CT molecular complexity index is 552. The average Bonchev–Trinajstić information content (AvgIpc) is 3.09. The van der Waals surface area contributed by atoms with Gasteiger partial charge < -0.3 is 10.2 Å². The van der Waals surface area contributed by atoms with E-state index in [0.717, 1.165) is 15.7 Å². The Morgan fingerprint density at radius 2 is 1.95 bits per heavy atom. The SMILES string of the molecule is CN(C)[C@H]1CCC[C@@H]1Nc1nnc(-c2ccccc2)s1. The zero-order valence-corrected chi connectivity index (χ0v) is 12.7. The second-order valence-corrected chi connectivity index (χ2v) is 6.47. The van der Waals surface area contributed by atoms with Crippen LogP contribution >= 0.6 is 11.3 Å². The van der Waals surface area contributed by atoms with E-state index >= 15 is 0 Å². The van der Waals surface area contributed by atoms with Crippen LogP contribution in [0.25, 0.3) is 10.6 Å². The lowest BCUT2D eigenvalue weighted by Gasteiger charge is -2.26. The molecule has 1 saturated carbocycles. The molecule has 4 nitrogen and oxygen atoms in total. The third-order valence-electron chi connectivity index (χ3n) is 3.90. The predicted octanol–water partition coefficient (Wildman–Crippen LogP) is 3.10. The Morgan fingerprint density at radius 1 is 1.15 bits per heavy atom. The molecule has 0 saturated heterocycles. The minimum Gasteiger partial charge on any atom is -0.356 e. The normalized spacial score (nSPS) is 22.4. The maximum Gasteiger partial charge on any atom is 0.206 e. The summed E-state index contributed by atoms with van der Waals surface area (Å²) in [5, 5.41) is 14.1. The molecule has 1 aliphatic rings. The predicted molar refractivity (Wildman–Crippen MR) is 84.1 cm³/mol. The maximum atomic E-state index is 4.29. The fourth-order valence-corrected chi connectivity index (χ4v) is 3.68. The highest BCUT2D eigenvalue weighted by Gasteiger charge is 2.29. The van der Waals surface area contributed by atoms with Gasteiger partial charge in [0.1, 0.15) is 5.01 Å². The zero-order valence-electron chi connectivity index (χ0n) is 11.9. The van der Waals surface area contributed by atoms with Gasteiger partial charge in [0.25, 0.3) is 0 Å². The summed E-state index contributed by atoms with van der Waals surface area (Å²) >= 11 is 1.63. The third-order valence-corrected chi connectivity index (χ3v) is 4.80. The number of aromatic nitrogens is 2. The van der Waals surface area contributed by atoms with Crippen LogP contribution in [0.15, 0.2) is 30.3 Å². The molecule has 1 aromatic heterocycles. The zero-order chi connectivity index (χ0) is 13.9. The summed E-state index contributed by atoms with van der Waals surface area (Å²) in [5.41, 5.74) is 1.13. The lowest BCUT2D eigenvalue weighted by Crippen LogP contribution is -2.39. The summed E-state index contributed by atoms with van der Waals surface area (Å²) in [5.74, 6) is 0. The lowest BCUT2D eigenvalue weighted by atomic mass is 10.1. The van der Waals surface area contributed by atoms with Crippen molar-refractivity contribution in [2.45, 2.75) is 31.3 Å². The first-order chi connectivity index (χ1) is 9.74. The number of likely N-dealkylation sites (N-methyl/N-ethyl adjacent to an activating group) is 1. The molecule has 3 rings (SSSR count). The van der Waals surface area contributed by atoms with Crippen molar-refractivity contribution in [2.24, 2.45) is 0 Å². The molecule has 2 aromatic rings. The summed E-state index contributed by atoms with van der Waals surface area (Å²) in [6.45, 7) is 0. The van der Waals surface area contributed by atoms with Crippen molar-refractivity contribution in [3.05, 3.63) is 30.3 Å². The summed E-state index contributed by atoms with van der Waals surface area (Å²) in [4.78, 5) is 2.31.